The van der Waals surface area contributed by atoms with Crippen LogP contribution in [-0.4, -0.2) is 18.5 Å². The van der Waals surface area contributed by atoms with Gasteiger partial charge in [-0.2, -0.15) is 0 Å². The van der Waals surface area contributed by atoms with E-state index in [1.165, 1.54) is 0 Å². The number of anilines is 3. The summed E-state index contributed by atoms with van der Waals surface area (Å²) in [5, 5.41) is 3.61. The standard InChI is InChI=1S/C19H22ClN3O/c1-12-8-9-14(20)11-17(12)22-19(24)13(2)23-10-4-5-15-16(21)6-3-7-18(15)23/h3,6-9,11,13H,4-5,10,21H2,1-2H3,(H,22,24). The molecule has 5 heteroatoms. The Balaban J connectivity index is 1.82. The predicted octanol–water partition coefficient (Wildman–Crippen LogP) is 4.01. The number of nitrogen functional groups attached to an aromatic ring is 1. The number of amides is 1. The molecule has 0 fully saturated rings. The fraction of sp³-hybridized carbons (Fsp3) is 0.316. The van der Waals surface area contributed by atoms with Gasteiger partial charge < -0.3 is 16.0 Å². The Morgan fingerprint density at radius 2 is 2.12 bits per heavy atom. The molecule has 1 amide bonds. The number of carbonyl (C=O) groups excluding carboxylic acids is 1. The van der Waals surface area contributed by atoms with E-state index in [2.05, 4.69) is 10.2 Å². The molecule has 2 aromatic rings. The van der Waals surface area contributed by atoms with Crippen molar-refractivity contribution in [3.63, 3.8) is 0 Å². The van der Waals surface area contributed by atoms with E-state index in [9.17, 15) is 4.79 Å². The average molecular weight is 344 g/mol. The summed E-state index contributed by atoms with van der Waals surface area (Å²) in [6.07, 6.45) is 1.95. The lowest BCUT2D eigenvalue weighted by Crippen LogP contribution is -2.44. The zero-order valence-corrected chi connectivity index (χ0v) is 14.7. The predicted molar refractivity (Wildman–Crippen MR) is 101 cm³/mol. The number of halogens is 1. The lowest BCUT2D eigenvalue weighted by atomic mass is 9.98. The lowest BCUT2D eigenvalue weighted by Gasteiger charge is -2.36. The summed E-state index contributed by atoms with van der Waals surface area (Å²) in [6, 6.07) is 11.1. The zero-order valence-electron chi connectivity index (χ0n) is 14.0. The molecule has 1 atom stereocenters. The highest BCUT2D eigenvalue weighted by atomic mass is 35.5. The number of fused-ring (bicyclic) bond motifs is 1. The zero-order chi connectivity index (χ0) is 17.3. The molecule has 1 aliphatic heterocycles. The molecule has 0 aromatic heterocycles. The molecule has 3 N–H and O–H groups in total. The second-order valence-corrected chi connectivity index (χ2v) is 6.70. The van der Waals surface area contributed by atoms with Crippen LogP contribution in [0.2, 0.25) is 5.02 Å². The third kappa shape index (κ3) is 3.20. The van der Waals surface area contributed by atoms with Crippen LogP contribution in [0.1, 0.15) is 24.5 Å². The van der Waals surface area contributed by atoms with Crippen molar-refractivity contribution in [2.24, 2.45) is 0 Å². The van der Waals surface area contributed by atoms with E-state index in [0.717, 1.165) is 47.6 Å². The minimum Gasteiger partial charge on any atom is -0.398 e. The molecular weight excluding hydrogens is 322 g/mol. The Kier molecular flexibility index (Phi) is 4.67. The third-order valence-corrected chi connectivity index (χ3v) is 4.86. The van der Waals surface area contributed by atoms with Crippen LogP contribution >= 0.6 is 11.6 Å². The van der Waals surface area contributed by atoms with Gasteiger partial charge in [0.15, 0.2) is 0 Å². The van der Waals surface area contributed by atoms with E-state index in [1.54, 1.807) is 6.07 Å². The van der Waals surface area contributed by atoms with Gasteiger partial charge in [-0.05, 0) is 62.1 Å². The van der Waals surface area contributed by atoms with Gasteiger partial charge >= 0.3 is 0 Å². The van der Waals surface area contributed by atoms with Gasteiger partial charge in [0.1, 0.15) is 6.04 Å². The lowest BCUT2D eigenvalue weighted by molar-refractivity contribution is -0.117. The van der Waals surface area contributed by atoms with Crippen LogP contribution in [-0.2, 0) is 11.2 Å². The smallest absolute Gasteiger partial charge is 0.246 e. The molecule has 4 nitrogen and oxygen atoms in total. The van der Waals surface area contributed by atoms with Crippen LogP contribution in [0.25, 0.3) is 0 Å². The van der Waals surface area contributed by atoms with E-state index in [0.29, 0.717) is 5.02 Å². The monoisotopic (exact) mass is 343 g/mol. The Morgan fingerprint density at radius 3 is 2.92 bits per heavy atom. The first-order valence-corrected chi connectivity index (χ1v) is 8.56. The number of carbonyl (C=O) groups is 1. The van der Waals surface area contributed by atoms with Gasteiger partial charge in [-0.15, -0.1) is 0 Å². The van der Waals surface area contributed by atoms with Crippen molar-refractivity contribution < 1.29 is 4.79 Å². The van der Waals surface area contributed by atoms with E-state index in [4.69, 9.17) is 17.3 Å². The molecule has 3 rings (SSSR count). The molecule has 1 unspecified atom stereocenters. The second kappa shape index (κ2) is 6.73. The third-order valence-electron chi connectivity index (χ3n) is 4.63. The summed E-state index contributed by atoms with van der Waals surface area (Å²) in [7, 11) is 0. The van der Waals surface area contributed by atoms with Gasteiger partial charge in [0.25, 0.3) is 0 Å². The maximum absolute atomic E-state index is 12.7. The van der Waals surface area contributed by atoms with Crippen molar-refractivity contribution in [2.75, 3.05) is 22.5 Å². The summed E-state index contributed by atoms with van der Waals surface area (Å²) >= 11 is 6.04. The number of hydrogen-bond donors (Lipinski definition) is 2. The SMILES string of the molecule is Cc1ccc(Cl)cc1NC(=O)C(C)N1CCCc2c(N)cccc21. The molecule has 0 saturated heterocycles. The van der Waals surface area contributed by atoms with Crippen molar-refractivity contribution in [3.8, 4) is 0 Å². The van der Waals surface area contributed by atoms with Crippen molar-refractivity contribution in [3.05, 3.63) is 52.5 Å². The van der Waals surface area contributed by atoms with Crippen molar-refractivity contribution >= 4 is 34.6 Å². The number of nitrogens with zero attached hydrogens (tertiary/aromatic N) is 1. The highest BCUT2D eigenvalue weighted by Crippen LogP contribution is 2.32. The van der Waals surface area contributed by atoms with Crippen LogP contribution in [0.3, 0.4) is 0 Å². The first-order valence-electron chi connectivity index (χ1n) is 8.18. The Bertz CT molecular complexity index is 775. The molecular formula is C19H22ClN3O. The highest BCUT2D eigenvalue weighted by molar-refractivity contribution is 6.31. The number of nitrogens with two attached hydrogens (primary N) is 1. The molecule has 126 valence electrons. The molecule has 0 bridgehead atoms. The first-order chi connectivity index (χ1) is 11.5. The first kappa shape index (κ1) is 16.7. The Labute approximate surface area is 147 Å². The molecule has 24 heavy (non-hydrogen) atoms. The summed E-state index contributed by atoms with van der Waals surface area (Å²) in [6.45, 7) is 4.72. The quantitative estimate of drug-likeness (QED) is 0.828. The summed E-state index contributed by atoms with van der Waals surface area (Å²) in [5.41, 5.74) is 10.8. The van der Waals surface area contributed by atoms with E-state index >= 15 is 0 Å². The molecule has 1 heterocycles. The number of benzene rings is 2. The Hall–Kier alpha value is -2.20. The average Bonchev–Trinajstić information content (AvgIpc) is 2.57. The fourth-order valence-electron chi connectivity index (χ4n) is 3.19. The highest BCUT2D eigenvalue weighted by Gasteiger charge is 2.27. The van der Waals surface area contributed by atoms with Crippen molar-refractivity contribution in [1.29, 1.82) is 0 Å². The molecule has 2 aromatic carbocycles. The van der Waals surface area contributed by atoms with Crippen LogP contribution in [0.15, 0.2) is 36.4 Å². The van der Waals surface area contributed by atoms with Gasteiger partial charge in [-0.3, -0.25) is 4.79 Å². The molecule has 0 radical (unpaired) electrons. The maximum atomic E-state index is 12.7. The summed E-state index contributed by atoms with van der Waals surface area (Å²) in [5.74, 6) is -0.0457. The van der Waals surface area contributed by atoms with Crippen LogP contribution in [0.4, 0.5) is 17.1 Å². The van der Waals surface area contributed by atoms with Gasteiger partial charge in [0.05, 0.1) is 0 Å². The molecule has 0 saturated carbocycles. The number of hydrogen-bond acceptors (Lipinski definition) is 3. The number of aryl methyl sites for hydroxylation is 1. The van der Waals surface area contributed by atoms with Crippen molar-refractivity contribution in [2.45, 2.75) is 32.7 Å². The summed E-state index contributed by atoms with van der Waals surface area (Å²) in [4.78, 5) is 14.9. The van der Waals surface area contributed by atoms with E-state index < -0.39 is 0 Å². The molecule has 0 aliphatic carbocycles. The molecule has 0 spiro atoms. The van der Waals surface area contributed by atoms with Gasteiger partial charge in [-0.25, -0.2) is 0 Å². The second-order valence-electron chi connectivity index (χ2n) is 6.27. The minimum absolute atomic E-state index is 0.0457. The van der Waals surface area contributed by atoms with Crippen LogP contribution in [0, 0.1) is 6.92 Å². The molecule has 1 aliphatic rings. The fourth-order valence-corrected chi connectivity index (χ4v) is 3.36. The van der Waals surface area contributed by atoms with Gasteiger partial charge in [-0.1, -0.05) is 23.7 Å². The van der Waals surface area contributed by atoms with Crippen LogP contribution in [0.5, 0.6) is 0 Å². The van der Waals surface area contributed by atoms with Gasteiger partial charge in [0, 0.05) is 28.6 Å². The maximum Gasteiger partial charge on any atom is 0.246 e. The summed E-state index contributed by atoms with van der Waals surface area (Å²) < 4.78 is 0. The van der Waals surface area contributed by atoms with Crippen LogP contribution < -0.4 is 16.0 Å². The van der Waals surface area contributed by atoms with E-state index in [1.807, 2.05) is 44.2 Å². The topological polar surface area (TPSA) is 58.4 Å². The normalized spacial score (nSPS) is 14.9. The Morgan fingerprint density at radius 1 is 1.33 bits per heavy atom. The number of nitrogens with one attached hydrogen (secondary N) is 1. The van der Waals surface area contributed by atoms with Gasteiger partial charge in [0.2, 0.25) is 5.91 Å². The van der Waals surface area contributed by atoms with E-state index in [-0.39, 0.29) is 11.9 Å². The number of rotatable bonds is 3. The largest absolute Gasteiger partial charge is 0.398 e. The minimum atomic E-state index is -0.288. The van der Waals surface area contributed by atoms with Crippen molar-refractivity contribution in [1.82, 2.24) is 0 Å².